The molecule has 2 rings (SSSR count). The van der Waals surface area contributed by atoms with E-state index in [1.165, 1.54) is 0 Å². The number of pyridine rings is 1. The van der Waals surface area contributed by atoms with Crippen LogP contribution in [0.4, 0.5) is 5.69 Å². The molecule has 0 radical (unpaired) electrons. The van der Waals surface area contributed by atoms with Gasteiger partial charge in [-0.1, -0.05) is 12.1 Å². The van der Waals surface area contributed by atoms with E-state index in [1.54, 1.807) is 13.2 Å². The summed E-state index contributed by atoms with van der Waals surface area (Å²) >= 11 is 3.37. The smallest absolute Gasteiger partial charge is 0.238 e. The highest BCUT2D eigenvalue weighted by Gasteiger charge is 2.05. The van der Waals surface area contributed by atoms with E-state index < -0.39 is 0 Å². The fourth-order valence-electron chi connectivity index (χ4n) is 1.59. The Hall–Kier alpha value is -1.46. The Kier molecular flexibility index (Phi) is 3.71. The number of halogens is 1. The van der Waals surface area contributed by atoms with E-state index in [1.807, 2.05) is 24.3 Å². The number of carbonyl (C=O) groups excluding carboxylic acids is 1. The Labute approximate surface area is 108 Å². The highest BCUT2D eigenvalue weighted by Crippen LogP contribution is 2.23. The van der Waals surface area contributed by atoms with Gasteiger partial charge in [0.05, 0.1) is 17.7 Å². The third-order valence-corrected chi connectivity index (χ3v) is 2.72. The molecule has 0 spiro atoms. The number of nitrogens with zero attached hydrogens (tertiary/aromatic N) is 1. The monoisotopic (exact) mass is 293 g/mol. The minimum atomic E-state index is -0.0790. The van der Waals surface area contributed by atoms with Crippen molar-refractivity contribution in [2.45, 2.75) is 0 Å². The summed E-state index contributed by atoms with van der Waals surface area (Å²) in [6, 6.07) is 7.67. The van der Waals surface area contributed by atoms with Gasteiger partial charge in [0.25, 0.3) is 0 Å². The van der Waals surface area contributed by atoms with E-state index in [4.69, 9.17) is 0 Å². The van der Waals surface area contributed by atoms with Crippen LogP contribution in [0.5, 0.6) is 0 Å². The summed E-state index contributed by atoms with van der Waals surface area (Å²) < 4.78 is 0.920. The third-order valence-electron chi connectivity index (χ3n) is 2.29. The Balaban J connectivity index is 2.37. The minimum absolute atomic E-state index is 0.0790. The molecule has 2 aromatic rings. The van der Waals surface area contributed by atoms with Crippen LogP contribution in [0.3, 0.4) is 0 Å². The number of rotatable bonds is 3. The van der Waals surface area contributed by atoms with E-state index in [-0.39, 0.29) is 12.5 Å². The number of likely N-dealkylation sites (N-methyl/N-ethyl adjacent to an activating group) is 1. The average Bonchev–Trinajstić information content (AvgIpc) is 2.29. The molecule has 17 heavy (non-hydrogen) atoms. The van der Waals surface area contributed by atoms with Crippen molar-refractivity contribution in [1.29, 1.82) is 0 Å². The number of para-hydroxylation sites is 1. The summed E-state index contributed by atoms with van der Waals surface area (Å²) in [5.74, 6) is -0.0790. The molecule has 1 amide bonds. The van der Waals surface area contributed by atoms with Crippen molar-refractivity contribution in [3.05, 3.63) is 34.9 Å². The Morgan fingerprint density at radius 1 is 1.47 bits per heavy atom. The van der Waals surface area contributed by atoms with Gasteiger partial charge in [0.2, 0.25) is 5.91 Å². The highest BCUT2D eigenvalue weighted by atomic mass is 79.9. The van der Waals surface area contributed by atoms with Crippen molar-refractivity contribution in [3.63, 3.8) is 0 Å². The fraction of sp³-hybridized carbons (Fsp3) is 0.167. The Bertz CT molecular complexity index is 556. The van der Waals surface area contributed by atoms with E-state index in [2.05, 4.69) is 31.5 Å². The lowest BCUT2D eigenvalue weighted by atomic mass is 10.2. The molecule has 1 aromatic carbocycles. The molecule has 0 saturated heterocycles. The molecule has 0 unspecified atom stereocenters. The highest BCUT2D eigenvalue weighted by molar-refractivity contribution is 9.10. The normalized spacial score (nSPS) is 10.5. The van der Waals surface area contributed by atoms with Gasteiger partial charge in [-0.3, -0.25) is 9.78 Å². The number of fused-ring (bicyclic) bond motifs is 1. The summed E-state index contributed by atoms with van der Waals surface area (Å²) in [7, 11) is 1.73. The number of hydrogen-bond acceptors (Lipinski definition) is 3. The van der Waals surface area contributed by atoms with Gasteiger partial charge >= 0.3 is 0 Å². The Morgan fingerprint density at radius 2 is 2.29 bits per heavy atom. The van der Waals surface area contributed by atoms with Crippen molar-refractivity contribution >= 4 is 38.4 Å². The molecular formula is C12H12BrN3O. The van der Waals surface area contributed by atoms with Crippen LogP contribution in [-0.4, -0.2) is 24.5 Å². The summed E-state index contributed by atoms with van der Waals surface area (Å²) in [4.78, 5) is 15.8. The zero-order valence-electron chi connectivity index (χ0n) is 9.33. The van der Waals surface area contributed by atoms with Crippen LogP contribution in [0, 0.1) is 0 Å². The van der Waals surface area contributed by atoms with E-state index in [0.29, 0.717) is 0 Å². The van der Waals surface area contributed by atoms with Gasteiger partial charge in [-0.15, -0.1) is 0 Å². The fourth-order valence-corrected chi connectivity index (χ4v) is 1.94. The summed E-state index contributed by atoms with van der Waals surface area (Å²) in [6.45, 7) is 0.285. The van der Waals surface area contributed by atoms with Crippen LogP contribution < -0.4 is 10.6 Å². The van der Waals surface area contributed by atoms with Crippen LogP contribution in [0.2, 0.25) is 0 Å². The van der Waals surface area contributed by atoms with Crippen molar-refractivity contribution in [1.82, 2.24) is 10.3 Å². The number of hydrogen-bond donors (Lipinski definition) is 2. The second-order valence-electron chi connectivity index (χ2n) is 3.61. The first-order chi connectivity index (χ1) is 8.20. The van der Waals surface area contributed by atoms with Gasteiger partial charge in [0.15, 0.2) is 0 Å². The molecule has 5 heteroatoms. The third kappa shape index (κ3) is 2.81. The molecule has 88 valence electrons. The molecule has 0 saturated carbocycles. The molecule has 2 N–H and O–H groups in total. The van der Waals surface area contributed by atoms with E-state index >= 15 is 0 Å². The number of anilines is 1. The van der Waals surface area contributed by atoms with Crippen LogP contribution >= 0.6 is 15.9 Å². The molecule has 1 aromatic heterocycles. The van der Waals surface area contributed by atoms with E-state index in [0.717, 1.165) is 21.1 Å². The number of amides is 1. The van der Waals surface area contributed by atoms with Crippen LogP contribution in [0.15, 0.2) is 34.9 Å². The van der Waals surface area contributed by atoms with E-state index in [9.17, 15) is 4.79 Å². The van der Waals surface area contributed by atoms with Gasteiger partial charge in [0, 0.05) is 16.1 Å². The van der Waals surface area contributed by atoms with Crippen molar-refractivity contribution in [2.75, 3.05) is 18.9 Å². The predicted octanol–water partition coefficient (Wildman–Crippen LogP) is 2.16. The standard InChI is InChI=1S/C12H12BrN3O/c1-14-7-11(17)16-10-4-2-3-8-5-9(13)6-15-12(8)10/h2-6,14H,7H2,1H3,(H,16,17). The molecule has 0 fully saturated rings. The minimum Gasteiger partial charge on any atom is -0.323 e. The van der Waals surface area contributed by atoms with Gasteiger partial charge < -0.3 is 10.6 Å². The van der Waals surface area contributed by atoms with Gasteiger partial charge in [-0.25, -0.2) is 0 Å². The maximum Gasteiger partial charge on any atom is 0.238 e. The van der Waals surface area contributed by atoms with Crippen molar-refractivity contribution in [2.24, 2.45) is 0 Å². The number of carbonyl (C=O) groups is 1. The lowest BCUT2D eigenvalue weighted by Crippen LogP contribution is -2.25. The topological polar surface area (TPSA) is 54.0 Å². The van der Waals surface area contributed by atoms with Gasteiger partial charge in [0.1, 0.15) is 0 Å². The molecule has 0 aliphatic rings. The first-order valence-electron chi connectivity index (χ1n) is 5.19. The lowest BCUT2D eigenvalue weighted by molar-refractivity contribution is -0.115. The molecule has 4 nitrogen and oxygen atoms in total. The zero-order chi connectivity index (χ0) is 12.3. The second-order valence-corrected chi connectivity index (χ2v) is 4.53. The molecular weight excluding hydrogens is 282 g/mol. The molecule has 0 aliphatic carbocycles. The summed E-state index contributed by atoms with van der Waals surface area (Å²) in [5, 5.41) is 6.62. The first-order valence-corrected chi connectivity index (χ1v) is 5.99. The molecule has 0 aliphatic heterocycles. The predicted molar refractivity (Wildman–Crippen MR) is 72.0 cm³/mol. The summed E-state index contributed by atoms with van der Waals surface area (Å²) in [5.41, 5.74) is 1.52. The van der Waals surface area contributed by atoms with Crippen LogP contribution in [0.25, 0.3) is 10.9 Å². The average molecular weight is 294 g/mol. The SMILES string of the molecule is CNCC(=O)Nc1cccc2cc(Br)cnc12. The largest absolute Gasteiger partial charge is 0.323 e. The quantitative estimate of drug-likeness (QED) is 0.912. The summed E-state index contributed by atoms with van der Waals surface area (Å²) in [6.07, 6.45) is 1.72. The van der Waals surface area contributed by atoms with Crippen LogP contribution in [0.1, 0.15) is 0 Å². The van der Waals surface area contributed by atoms with Crippen molar-refractivity contribution in [3.8, 4) is 0 Å². The molecule has 0 atom stereocenters. The number of nitrogens with one attached hydrogen (secondary N) is 2. The number of benzene rings is 1. The second kappa shape index (κ2) is 5.25. The van der Waals surface area contributed by atoms with Crippen molar-refractivity contribution < 1.29 is 4.79 Å². The molecule has 0 bridgehead atoms. The Morgan fingerprint density at radius 3 is 3.06 bits per heavy atom. The van der Waals surface area contributed by atoms with Crippen LogP contribution in [-0.2, 0) is 4.79 Å². The lowest BCUT2D eigenvalue weighted by Gasteiger charge is -2.07. The molecule has 1 heterocycles. The first kappa shape index (κ1) is 12.0. The van der Waals surface area contributed by atoms with Gasteiger partial charge in [-0.2, -0.15) is 0 Å². The maximum atomic E-state index is 11.5. The number of aromatic nitrogens is 1. The van der Waals surface area contributed by atoms with Gasteiger partial charge in [-0.05, 0) is 35.1 Å². The zero-order valence-corrected chi connectivity index (χ0v) is 10.9. The maximum absolute atomic E-state index is 11.5.